The highest BCUT2D eigenvalue weighted by atomic mass is 16.6. The molecule has 0 radical (unpaired) electrons. The van der Waals surface area contributed by atoms with Gasteiger partial charge in [-0.05, 0) is 27.2 Å². The SMILES string of the molecule is CC(C)(C)OC(=O)C1CC2OC1C(O)C2OC=O. The summed E-state index contributed by atoms with van der Waals surface area (Å²) in [6.45, 7) is 5.65. The van der Waals surface area contributed by atoms with Crippen molar-refractivity contribution in [3.63, 3.8) is 0 Å². The zero-order valence-electron chi connectivity index (χ0n) is 10.7. The Hall–Kier alpha value is -1.14. The Bertz CT molecular complexity index is 345. The fourth-order valence-corrected chi connectivity index (χ4v) is 2.51. The van der Waals surface area contributed by atoms with Gasteiger partial charge in [0.1, 0.15) is 17.8 Å². The molecule has 2 fully saturated rings. The summed E-state index contributed by atoms with van der Waals surface area (Å²) in [5.41, 5.74) is -0.567. The highest BCUT2D eigenvalue weighted by Gasteiger charge is 2.58. The molecule has 0 spiro atoms. The van der Waals surface area contributed by atoms with Crippen LogP contribution in [0.1, 0.15) is 27.2 Å². The minimum absolute atomic E-state index is 0.292. The monoisotopic (exact) mass is 258 g/mol. The fourth-order valence-electron chi connectivity index (χ4n) is 2.51. The number of carbonyl (C=O) groups is 2. The van der Waals surface area contributed by atoms with E-state index in [9.17, 15) is 14.7 Å². The van der Waals surface area contributed by atoms with E-state index < -0.39 is 35.9 Å². The minimum atomic E-state index is -0.966. The van der Waals surface area contributed by atoms with Gasteiger partial charge < -0.3 is 19.3 Å². The second-order valence-corrected chi connectivity index (χ2v) is 5.70. The Balaban J connectivity index is 2.00. The maximum atomic E-state index is 11.9. The van der Waals surface area contributed by atoms with E-state index in [4.69, 9.17) is 14.2 Å². The second-order valence-electron chi connectivity index (χ2n) is 5.70. The summed E-state index contributed by atoms with van der Waals surface area (Å²) in [6.07, 6.45) is -2.30. The average molecular weight is 258 g/mol. The second kappa shape index (κ2) is 4.51. The van der Waals surface area contributed by atoms with E-state index in [0.717, 1.165) is 0 Å². The first kappa shape index (κ1) is 13.3. The number of ether oxygens (including phenoxy) is 3. The lowest BCUT2D eigenvalue weighted by molar-refractivity contribution is -0.164. The smallest absolute Gasteiger partial charge is 0.312 e. The van der Waals surface area contributed by atoms with Crippen molar-refractivity contribution in [2.24, 2.45) is 5.92 Å². The van der Waals surface area contributed by atoms with Crippen molar-refractivity contribution < 1.29 is 28.9 Å². The van der Waals surface area contributed by atoms with Crippen LogP contribution in [0.15, 0.2) is 0 Å². The molecule has 2 saturated heterocycles. The summed E-state index contributed by atoms with van der Waals surface area (Å²) in [6, 6.07) is 0. The molecule has 0 aromatic heterocycles. The largest absolute Gasteiger partial charge is 0.460 e. The molecule has 2 rings (SSSR count). The summed E-state index contributed by atoms with van der Waals surface area (Å²) in [5, 5.41) is 9.91. The number of hydrogen-bond donors (Lipinski definition) is 1. The number of aliphatic hydroxyl groups excluding tert-OH is 1. The van der Waals surface area contributed by atoms with E-state index in [1.807, 2.05) is 0 Å². The van der Waals surface area contributed by atoms with Crippen LogP contribution in [0.3, 0.4) is 0 Å². The number of carbonyl (C=O) groups excluding carboxylic acids is 2. The molecule has 6 nitrogen and oxygen atoms in total. The molecule has 0 aliphatic carbocycles. The number of aliphatic hydroxyl groups is 1. The number of hydrogen-bond acceptors (Lipinski definition) is 6. The molecular formula is C12H18O6. The summed E-state index contributed by atoms with van der Waals surface area (Å²) in [7, 11) is 0. The zero-order valence-corrected chi connectivity index (χ0v) is 10.7. The van der Waals surface area contributed by atoms with Gasteiger partial charge in [0.25, 0.3) is 6.47 Å². The van der Waals surface area contributed by atoms with E-state index in [0.29, 0.717) is 12.9 Å². The third-order valence-corrected chi connectivity index (χ3v) is 3.18. The van der Waals surface area contributed by atoms with Gasteiger partial charge in [0.15, 0.2) is 6.10 Å². The predicted octanol–water partition coefficient (Wildman–Crippen LogP) is 0.0179. The topological polar surface area (TPSA) is 82.1 Å². The summed E-state index contributed by atoms with van der Waals surface area (Å²) in [4.78, 5) is 22.2. The highest BCUT2D eigenvalue weighted by molar-refractivity contribution is 5.74. The fraction of sp³-hybridized carbons (Fsp3) is 0.833. The van der Waals surface area contributed by atoms with Crippen LogP contribution in [0.2, 0.25) is 0 Å². The van der Waals surface area contributed by atoms with Gasteiger partial charge in [-0.2, -0.15) is 0 Å². The highest BCUT2D eigenvalue weighted by Crippen LogP contribution is 2.41. The van der Waals surface area contributed by atoms with E-state index >= 15 is 0 Å². The first-order chi connectivity index (χ1) is 8.33. The minimum Gasteiger partial charge on any atom is -0.460 e. The van der Waals surface area contributed by atoms with Crippen LogP contribution >= 0.6 is 0 Å². The van der Waals surface area contributed by atoms with Gasteiger partial charge in [-0.15, -0.1) is 0 Å². The Morgan fingerprint density at radius 1 is 1.44 bits per heavy atom. The maximum Gasteiger partial charge on any atom is 0.312 e. The number of rotatable bonds is 3. The van der Waals surface area contributed by atoms with Gasteiger partial charge >= 0.3 is 5.97 Å². The van der Waals surface area contributed by atoms with Gasteiger partial charge in [-0.3, -0.25) is 9.59 Å². The molecule has 2 aliphatic rings. The molecule has 5 unspecified atom stereocenters. The van der Waals surface area contributed by atoms with Crippen LogP contribution in [0, 0.1) is 5.92 Å². The van der Waals surface area contributed by atoms with Gasteiger partial charge in [0, 0.05) is 0 Å². The van der Waals surface area contributed by atoms with Crippen molar-refractivity contribution >= 4 is 12.4 Å². The predicted molar refractivity (Wildman–Crippen MR) is 59.6 cm³/mol. The van der Waals surface area contributed by atoms with Gasteiger partial charge in [0.2, 0.25) is 0 Å². The summed E-state index contributed by atoms with van der Waals surface area (Å²) >= 11 is 0. The molecule has 2 aliphatic heterocycles. The molecule has 102 valence electrons. The van der Waals surface area contributed by atoms with Crippen LogP contribution in [0.4, 0.5) is 0 Å². The lowest BCUT2D eigenvalue weighted by Gasteiger charge is -2.29. The van der Waals surface area contributed by atoms with Crippen LogP contribution in [0.5, 0.6) is 0 Å². The zero-order chi connectivity index (χ0) is 13.5. The molecule has 0 aromatic carbocycles. The van der Waals surface area contributed by atoms with Crippen molar-refractivity contribution in [2.45, 2.75) is 57.2 Å². The van der Waals surface area contributed by atoms with Crippen LogP contribution < -0.4 is 0 Å². The Kier molecular flexibility index (Phi) is 3.33. The third-order valence-electron chi connectivity index (χ3n) is 3.18. The molecule has 2 heterocycles. The summed E-state index contributed by atoms with van der Waals surface area (Å²) < 4.78 is 15.5. The molecule has 0 saturated carbocycles. The van der Waals surface area contributed by atoms with Gasteiger partial charge in [-0.1, -0.05) is 0 Å². The van der Waals surface area contributed by atoms with Crippen molar-refractivity contribution in [3.8, 4) is 0 Å². The molecule has 5 atom stereocenters. The van der Waals surface area contributed by atoms with Crippen molar-refractivity contribution in [2.75, 3.05) is 0 Å². The Morgan fingerprint density at radius 2 is 2.11 bits per heavy atom. The molecule has 18 heavy (non-hydrogen) atoms. The van der Waals surface area contributed by atoms with E-state index in [2.05, 4.69) is 0 Å². The standard InChI is InChI=1S/C12H18O6/c1-12(2,3)18-11(15)6-4-7-10(16-5-13)8(14)9(6)17-7/h5-10,14H,4H2,1-3H3. The molecule has 6 heteroatoms. The molecule has 0 aromatic rings. The number of fused-ring (bicyclic) bond motifs is 2. The summed E-state index contributed by atoms with van der Waals surface area (Å²) in [5.74, 6) is -0.866. The van der Waals surface area contributed by atoms with Gasteiger partial charge in [0.05, 0.1) is 12.0 Å². The first-order valence-corrected chi connectivity index (χ1v) is 5.99. The average Bonchev–Trinajstić information content (AvgIpc) is 2.77. The van der Waals surface area contributed by atoms with Gasteiger partial charge in [-0.25, -0.2) is 0 Å². The maximum absolute atomic E-state index is 11.9. The molecule has 2 bridgehead atoms. The normalized spacial score (nSPS) is 38.6. The van der Waals surface area contributed by atoms with Crippen molar-refractivity contribution in [1.29, 1.82) is 0 Å². The molecule has 0 amide bonds. The number of esters is 1. The lowest BCUT2D eigenvalue weighted by atomic mass is 9.85. The Labute approximate surface area is 105 Å². The third kappa shape index (κ3) is 2.35. The lowest BCUT2D eigenvalue weighted by Crippen LogP contribution is -2.46. The van der Waals surface area contributed by atoms with Crippen LogP contribution in [0.25, 0.3) is 0 Å². The molecule has 1 N–H and O–H groups in total. The molecular weight excluding hydrogens is 240 g/mol. The van der Waals surface area contributed by atoms with E-state index in [-0.39, 0.29) is 5.97 Å². The van der Waals surface area contributed by atoms with E-state index in [1.54, 1.807) is 20.8 Å². The van der Waals surface area contributed by atoms with Crippen LogP contribution in [-0.4, -0.2) is 47.6 Å². The first-order valence-electron chi connectivity index (χ1n) is 5.99. The van der Waals surface area contributed by atoms with Crippen LogP contribution in [-0.2, 0) is 23.8 Å². The van der Waals surface area contributed by atoms with E-state index in [1.165, 1.54) is 0 Å². The van der Waals surface area contributed by atoms with Crippen molar-refractivity contribution in [1.82, 2.24) is 0 Å². The Morgan fingerprint density at radius 3 is 2.61 bits per heavy atom. The van der Waals surface area contributed by atoms with Crippen molar-refractivity contribution in [3.05, 3.63) is 0 Å². The quantitative estimate of drug-likeness (QED) is 0.567.